The van der Waals surface area contributed by atoms with Gasteiger partial charge in [0.15, 0.2) is 0 Å². The number of hydrogen-bond acceptors (Lipinski definition) is 2. The molecular weight excluding hydrogens is 160 g/mol. The van der Waals surface area contributed by atoms with Gasteiger partial charge in [-0.2, -0.15) is 0 Å². The molecule has 1 rings (SSSR count). The molecule has 1 fully saturated rings. The molecule has 0 spiro atoms. The highest BCUT2D eigenvalue weighted by Gasteiger charge is 2.31. The second-order valence-corrected chi connectivity index (χ2v) is 5.02. The highest BCUT2D eigenvalue weighted by atomic mass is 15.2. The smallest absolute Gasteiger partial charge is 0.0105 e. The molecule has 0 amide bonds. The van der Waals surface area contributed by atoms with E-state index in [0.717, 1.165) is 19.0 Å². The summed E-state index contributed by atoms with van der Waals surface area (Å²) in [6, 6.07) is 0.728. The molecule has 1 aliphatic rings. The summed E-state index contributed by atoms with van der Waals surface area (Å²) >= 11 is 0. The highest BCUT2D eigenvalue weighted by Crippen LogP contribution is 2.31. The standard InChI is InChI=1S/C11H24N2/c1-4-10(5-7-12)13-8-6-11(2,3)9-13/h10H,4-9,12H2,1-3H3. The van der Waals surface area contributed by atoms with Gasteiger partial charge in [0.05, 0.1) is 0 Å². The molecular formula is C11H24N2. The van der Waals surface area contributed by atoms with E-state index in [1.165, 1.54) is 25.9 Å². The minimum absolute atomic E-state index is 0.530. The van der Waals surface area contributed by atoms with Crippen molar-refractivity contribution in [3.05, 3.63) is 0 Å². The van der Waals surface area contributed by atoms with Gasteiger partial charge in [-0.3, -0.25) is 4.90 Å². The summed E-state index contributed by atoms with van der Waals surface area (Å²) in [5, 5.41) is 0. The van der Waals surface area contributed by atoms with E-state index in [2.05, 4.69) is 25.7 Å². The van der Waals surface area contributed by atoms with Crippen LogP contribution in [0.2, 0.25) is 0 Å². The molecule has 2 nitrogen and oxygen atoms in total. The summed E-state index contributed by atoms with van der Waals surface area (Å²) in [5.41, 5.74) is 6.14. The van der Waals surface area contributed by atoms with Crippen LogP contribution in [0.3, 0.4) is 0 Å². The third-order valence-corrected chi connectivity index (χ3v) is 3.19. The molecule has 1 aliphatic heterocycles. The van der Waals surface area contributed by atoms with Crippen LogP contribution in [0.5, 0.6) is 0 Å². The zero-order valence-electron chi connectivity index (χ0n) is 9.34. The van der Waals surface area contributed by atoms with Crippen molar-refractivity contribution in [2.24, 2.45) is 11.1 Å². The maximum absolute atomic E-state index is 5.61. The lowest BCUT2D eigenvalue weighted by Gasteiger charge is -2.27. The van der Waals surface area contributed by atoms with Crippen LogP contribution in [0.25, 0.3) is 0 Å². The molecule has 2 N–H and O–H groups in total. The number of nitrogens with two attached hydrogens (primary N) is 1. The minimum atomic E-state index is 0.530. The molecule has 1 unspecified atom stereocenters. The fraction of sp³-hybridized carbons (Fsp3) is 1.00. The van der Waals surface area contributed by atoms with E-state index in [9.17, 15) is 0 Å². The van der Waals surface area contributed by atoms with E-state index in [0.29, 0.717) is 5.41 Å². The van der Waals surface area contributed by atoms with E-state index in [4.69, 9.17) is 5.73 Å². The predicted octanol–water partition coefficient (Wildman–Crippen LogP) is 1.85. The van der Waals surface area contributed by atoms with Crippen LogP contribution in [0, 0.1) is 5.41 Å². The molecule has 2 heteroatoms. The Morgan fingerprint density at radius 1 is 1.46 bits per heavy atom. The van der Waals surface area contributed by atoms with Gasteiger partial charge in [0.2, 0.25) is 0 Å². The maximum atomic E-state index is 5.61. The van der Waals surface area contributed by atoms with Crippen molar-refractivity contribution in [2.75, 3.05) is 19.6 Å². The van der Waals surface area contributed by atoms with Crippen molar-refractivity contribution in [2.45, 2.75) is 46.1 Å². The molecule has 1 atom stereocenters. The fourth-order valence-corrected chi connectivity index (χ4v) is 2.30. The SMILES string of the molecule is CCC(CCN)N1CCC(C)(C)C1. The van der Waals surface area contributed by atoms with Gasteiger partial charge in [0.25, 0.3) is 0 Å². The Balaban J connectivity index is 2.43. The maximum Gasteiger partial charge on any atom is 0.0105 e. The normalized spacial score (nSPS) is 24.9. The Hall–Kier alpha value is -0.0800. The van der Waals surface area contributed by atoms with Gasteiger partial charge in [-0.05, 0) is 37.8 Å². The van der Waals surface area contributed by atoms with Crippen LogP contribution in [-0.4, -0.2) is 30.6 Å². The van der Waals surface area contributed by atoms with Gasteiger partial charge >= 0.3 is 0 Å². The van der Waals surface area contributed by atoms with Crippen LogP contribution in [0.1, 0.15) is 40.0 Å². The largest absolute Gasteiger partial charge is 0.330 e. The molecule has 1 saturated heterocycles. The van der Waals surface area contributed by atoms with E-state index in [1.807, 2.05) is 0 Å². The van der Waals surface area contributed by atoms with E-state index >= 15 is 0 Å². The molecule has 0 bridgehead atoms. The summed E-state index contributed by atoms with van der Waals surface area (Å²) in [6.07, 6.45) is 3.74. The molecule has 78 valence electrons. The first-order valence-corrected chi connectivity index (χ1v) is 5.53. The lowest BCUT2D eigenvalue weighted by Crippen LogP contribution is -2.35. The van der Waals surface area contributed by atoms with Gasteiger partial charge in [0, 0.05) is 12.6 Å². The zero-order chi connectivity index (χ0) is 9.90. The van der Waals surface area contributed by atoms with Crippen molar-refractivity contribution in [1.82, 2.24) is 4.90 Å². The first-order valence-electron chi connectivity index (χ1n) is 5.53. The lowest BCUT2D eigenvalue weighted by molar-refractivity contribution is 0.204. The summed E-state index contributed by atoms with van der Waals surface area (Å²) in [6.45, 7) is 10.3. The third-order valence-electron chi connectivity index (χ3n) is 3.19. The Morgan fingerprint density at radius 3 is 2.54 bits per heavy atom. The fourth-order valence-electron chi connectivity index (χ4n) is 2.30. The summed E-state index contributed by atoms with van der Waals surface area (Å²) in [7, 11) is 0. The van der Waals surface area contributed by atoms with Gasteiger partial charge in [-0.1, -0.05) is 20.8 Å². The number of rotatable bonds is 4. The first kappa shape index (κ1) is 11.0. The summed E-state index contributed by atoms with van der Waals surface area (Å²) in [4.78, 5) is 2.62. The van der Waals surface area contributed by atoms with Crippen LogP contribution < -0.4 is 5.73 Å². The number of nitrogens with zero attached hydrogens (tertiary/aromatic N) is 1. The molecule has 13 heavy (non-hydrogen) atoms. The van der Waals surface area contributed by atoms with Gasteiger partial charge in [-0.15, -0.1) is 0 Å². The van der Waals surface area contributed by atoms with Crippen molar-refractivity contribution in [3.63, 3.8) is 0 Å². The second kappa shape index (κ2) is 4.43. The average molecular weight is 184 g/mol. The average Bonchev–Trinajstić information content (AvgIpc) is 2.42. The number of likely N-dealkylation sites (tertiary alicyclic amines) is 1. The van der Waals surface area contributed by atoms with Gasteiger partial charge < -0.3 is 5.73 Å². The van der Waals surface area contributed by atoms with Crippen LogP contribution in [0.4, 0.5) is 0 Å². The number of hydrogen-bond donors (Lipinski definition) is 1. The molecule has 0 aromatic rings. The van der Waals surface area contributed by atoms with Crippen molar-refractivity contribution in [3.8, 4) is 0 Å². The van der Waals surface area contributed by atoms with E-state index < -0.39 is 0 Å². The molecule has 1 heterocycles. The first-order chi connectivity index (χ1) is 6.09. The molecule has 0 saturated carbocycles. The monoisotopic (exact) mass is 184 g/mol. The Labute approximate surface area is 82.5 Å². The highest BCUT2D eigenvalue weighted by molar-refractivity contribution is 4.86. The van der Waals surface area contributed by atoms with E-state index in [-0.39, 0.29) is 0 Å². The summed E-state index contributed by atoms with van der Waals surface area (Å²) in [5.74, 6) is 0. The van der Waals surface area contributed by atoms with Crippen molar-refractivity contribution >= 4 is 0 Å². The topological polar surface area (TPSA) is 29.3 Å². The van der Waals surface area contributed by atoms with Crippen LogP contribution in [0.15, 0.2) is 0 Å². The Kier molecular flexibility index (Phi) is 3.74. The Morgan fingerprint density at radius 2 is 2.15 bits per heavy atom. The van der Waals surface area contributed by atoms with Crippen LogP contribution in [-0.2, 0) is 0 Å². The molecule has 0 aromatic carbocycles. The minimum Gasteiger partial charge on any atom is -0.330 e. The predicted molar refractivity (Wildman–Crippen MR) is 57.7 cm³/mol. The van der Waals surface area contributed by atoms with Crippen molar-refractivity contribution in [1.29, 1.82) is 0 Å². The zero-order valence-corrected chi connectivity index (χ0v) is 9.34. The quantitative estimate of drug-likeness (QED) is 0.722. The summed E-state index contributed by atoms with van der Waals surface area (Å²) < 4.78 is 0. The Bertz CT molecular complexity index is 154. The third kappa shape index (κ3) is 2.96. The molecule has 0 aliphatic carbocycles. The second-order valence-electron chi connectivity index (χ2n) is 5.02. The van der Waals surface area contributed by atoms with Crippen LogP contribution >= 0.6 is 0 Å². The molecule has 0 aromatic heterocycles. The van der Waals surface area contributed by atoms with E-state index in [1.54, 1.807) is 0 Å². The van der Waals surface area contributed by atoms with Gasteiger partial charge in [-0.25, -0.2) is 0 Å². The van der Waals surface area contributed by atoms with Crippen molar-refractivity contribution < 1.29 is 0 Å². The van der Waals surface area contributed by atoms with Gasteiger partial charge in [0.1, 0.15) is 0 Å². The molecule has 0 radical (unpaired) electrons. The lowest BCUT2D eigenvalue weighted by atomic mass is 9.93.